The van der Waals surface area contributed by atoms with Crippen LogP contribution in [-0.2, 0) is 4.79 Å². The van der Waals surface area contributed by atoms with Gasteiger partial charge in [-0.3, -0.25) is 4.79 Å². The minimum Gasteiger partial charge on any atom is -0.493 e. The van der Waals surface area contributed by atoms with E-state index in [2.05, 4.69) is 15.3 Å². The zero-order chi connectivity index (χ0) is 14.8. The van der Waals surface area contributed by atoms with Gasteiger partial charge in [-0.15, -0.1) is 0 Å². The molecule has 0 spiro atoms. The van der Waals surface area contributed by atoms with Crippen LogP contribution in [0.2, 0.25) is 10.4 Å². The predicted molar refractivity (Wildman–Crippen MR) is 80.0 cm³/mol. The van der Waals surface area contributed by atoms with Crippen LogP contribution in [0.15, 0.2) is 30.3 Å². The summed E-state index contributed by atoms with van der Waals surface area (Å²) in [6.45, 7) is 0.500. The molecule has 1 aromatic carbocycles. The number of aromatic nitrogens is 2. The number of ether oxygens (including phenoxy) is 1. The van der Waals surface area contributed by atoms with Gasteiger partial charge in [-0.2, -0.15) is 0 Å². The fourth-order valence-electron chi connectivity index (χ4n) is 2.28. The fourth-order valence-corrected chi connectivity index (χ4v) is 2.69. The number of halogens is 2. The van der Waals surface area contributed by atoms with Gasteiger partial charge in [0.2, 0.25) is 11.2 Å². The van der Waals surface area contributed by atoms with Crippen molar-refractivity contribution in [3.63, 3.8) is 0 Å². The van der Waals surface area contributed by atoms with Gasteiger partial charge < -0.3 is 10.1 Å². The molecule has 0 radical (unpaired) electrons. The number of hydrogen-bond acceptors (Lipinski definition) is 4. The normalized spacial score (nSPS) is 16.8. The third kappa shape index (κ3) is 3.09. The van der Waals surface area contributed by atoms with Crippen LogP contribution in [0.1, 0.15) is 17.9 Å². The van der Waals surface area contributed by atoms with Gasteiger partial charge in [0.15, 0.2) is 0 Å². The van der Waals surface area contributed by atoms with E-state index in [9.17, 15) is 4.79 Å². The molecule has 0 saturated carbocycles. The van der Waals surface area contributed by atoms with Crippen molar-refractivity contribution in [2.75, 3.05) is 11.9 Å². The molecule has 1 unspecified atom stereocenters. The van der Waals surface area contributed by atoms with Crippen LogP contribution in [0.5, 0.6) is 5.75 Å². The molecule has 5 nitrogen and oxygen atoms in total. The van der Waals surface area contributed by atoms with Crippen LogP contribution in [0.25, 0.3) is 0 Å². The number of benzene rings is 1. The summed E-state index contributed by atoms with van der Waals surface area (Å²) in [5.41, 5.74) is 0.868. The maximum Gasteiger partial charge on any atom is 0.233 e. The summed E-state index contributed by atoms with van der Waals surface area (Å²) in [5.74, 6) is 0.565. The first-order chi connectivity index (χ1) is 10.1. The van der Waals surface area contributed by atoms with Gasteiger partial charge in [-0.05, 0) is 24.1 Å². The highest BCUT2D eigenvalue weighted by atomic mass is 35.5. The van der Waals surface area contributed by atoms with Crippen LogP contribution in [-0.4, -0.2) is 22.5 Å². The Balaban J connectivity index is 1.83. The van der Waals surface area contributed by atoms with E-state index in [4.69, 9.17) is 27.9 Å². The van der Waals surface area contributed by atoms with Crippen LogP contribution in [0, 0.1) is 0 Å². The highest BCUT2D eigenvalue weighted by molar-refractivity contribution is 6.32. The number of nitrogens with one attached hydrogen (secondary N) is 1. The molecule has 0 aliphatic carbocycles. The molecule has 0 saturated heterocycles. The summed E-state index contributed by atoms with van der Waals surface area (Å²) in [5, 5.41) is 2.89. The molecule has 1 amide bonds. The van der Waals surface area contributed by atoms with Gasteiger partial charge in [0.25, 0.3) is 0 Å². The number of hydrogen-bond donors (Lipinski definition) is 1. The van der Waals surface area contributed by atoms with Crippen molar-refractivity contribution in [2.24, 2.45) is 0 Å². The van der Waals surface area contributed by atoms with E-state index in [0.717, 1.165) is 11.3 Å². The van der Waals surface area contributed by atoms with Crippen molar-refractivity contribution in [2.45, 2.75) is 12.3 Å². The molecule has 7 heteroatoms. The number of para-hydroxylation sites is 1. The number of carbonyl (C=O) groups excluding carboxylic acids is 1. The molecule has 0 fully saturated rings. The molecule has 2 aromatic rings. The lowest BCUT2D eigenvalue weighted by molar-refractivity contribution is -0.118. The molecular formula is C14H11Cl2N3O2. The maximum absolute atomic E-state index is 12.4. The average Bonchev–Trinajstić information content (AvgIpc) is 2.45. The standard InChI is InChI=1S/C14H11Cl2N3O2/c15-11-7-12(19-14(16)17-11)18-13(20)9-5-6-21-10-4-2-1-3-8(9)10/h1-4,7,9H,5-6H2,(H,17,18,19,20). The summed E-state index contributed by atoms with van der Waals surface area (Å²) in [4.78, 5) is 20.1. The van der Waals surface area contributed by atoms with Crippen LogP contribution in [0.3, 0.4) is 0 Å². The second kappa shape index (κ2) is 5.87. The second-order valence-electron chi connectivity index (χ2n) is 4.56. The van der Waals surface area contributed by atoms with Crippen molar-refractivity contribution in [3.8, 4) is 5.75 Å². The lowest BCUT2D eigenvalue weighted by Gasteiger charge is -2.24. The number of fused-ring (bicyclic) bond motifs is 1. The first kappa shape index (κ1) is 14.1. The third-order valence-electron chi connectivity index (χ3n) is 3.19. The molecular weight excluding hydrogens is 313 g/mol. The summed E-state index contributed by atoms with van der Waals surface area (Å²) >= 11 is 11.5. The smallest absolute Gasteiger partial charge is 0.233 e. The molecule has 1 N–H and O–H groups in total. The van der Waals surface area contributed by atoms with E-state index < -0.39 is 0 Å². The van der Waals surface area contributed by atoms with Crippen molar-refractivity contribution < 1.29 is 9.53 Å². The second-order valence-corrected chi connectivity index (χ2v) is 5.29. The number of rotatable bonds is 2. The Kier molecular flexibility index (Phi) is 3.94. The molecule has 3 rings (SSSR count). The summed E-state index contributed by atoms with van der Waals surface area (Å²) in [7, 11) is 0. The zero-order valence-corrected chi connectivity index (χ0v) is 12.4. The van der Waals surface area contributed by atoms with Gasteiger partial charge in [-0.25, -0.2) is 9.97 Å². The van der Waals surface area contributed by atoms with E-state index in [-0.39, 0.29) is 28.1 Å². The molecule has 2 heterocycles. The minimum atomic E-state index is -0.289. The van der Waals surface area contributed by atoms with Crippen molar-refractivity contribution in [1.29, 1.82) is 0 Å². The predicted octanol–water partition coefficient (Wildman–Crippen LogP) is 3.29. The average molecular weight is 324 g/mol. The van der Waals surface area contributed by atoms with Crippen LogP contribution < -0.4 is 10.1 Å². The Morgan fingerprint density at radius 3 is 2.90 bits per heavy atom. The van der Waals surface area contributed by atoms with Crippen LogP contribution >= 0.6 is 23.2 Å². The number of carbonyl (C=O) groups is 1. The lowest BCUT2D eigenvalue weighted by Crippen LogP contribution is -2.26. The molecule has 1 aromatic heterocycles. The SMILES string of the molecule is O=C(Nc1cc(Cl)nc(Cl)n1)C1CCOc2ccccc21. The van der Waals surface area contributed by atoms with Crippen LogP contribution in [0.4, 0.5) is 5.82 Å². The first-order valence-corrected chi connectivity index (χ1v) is 7.12. The molecule has 1 atom stereocenters. The quantitative estimate of drug-likeness (QED) is 0.680. The summed E-state index contributed by atoms with van der Waals surface area (Å²) in [6.07, 6.45) is 0.607. The molecule has 0 bridgehead atoms. The zero-order valence-electron chi connectivity index (χ0n) is 10.8. The monoisotopic (exact) mass is 323 g/mol. The van der Waals surface area contributed by atoms with Gasteiger partial charge in [0.1, 0.15) is 16.7 Å². The Hall–Kier alpha value is -1.85. The summed E-state index contributed by atoms with van der Waals surface area (Å²) < 4.78 is 5.54. The highest BCUT2D eigenvalue weighted by Gasteiger charge is 2.27. The largest absolute Gasteiger partial charge is 0.493 e. The van der Waals surface area contributed by atoms with Crippen molar-refractivity contribution >= 4 is 34.9 Å². The lowest BCUT2D eigenvalue weighted by atomic mass is 9.92. The van der Waals surface area contributed by atoms with E-state index >= 15 is 0 Å². The van der Waals surface area contributed by atoms with Gasteiger partial charge in [-0.1, -0.05) is 29.8 Å². The van der Waals surface area contributed by atoms with Crippen molar-refractivity contribution in [1.82, 2.24) is 9.97 Å². The number of amides is 1. The fraction of sp³-hybridized carbons (Fsp3) is 0.214. The maximum atomic E-state index is 12.4. The van der Waals surface area contributed by atoms with E-state index in [1.807, 2.05) is 24.3 Å². The third-order valence-corrected chi connectivity index (χ3v) is 3.56. The minimum absolute atomic E-state index is 0.00909. The summed E-state index contributed by atoms with van der Waals surface area (Å²) in [6, 6.07) is 8.96. The molecule has 108 valence electrons. The Morgan fingerprint density at radius 2 is 2.10 bits per heavy atom. The van der Waals surface area contributed by atoms with Gasteiger partial charge in [0.05, 0.1) is 12.5 Å². The number of nitrogens with zero attached hydrogens (tertiary/aromatic N) is 2. The van der Waals surface area contributed by atoms with E-state index in [0.29, 0.717) is 13.0 Å². The van der Waals surface area contributed by atoms with Gasteiger partial charge in [0, 0.05) is 11.6 Å². The Labute approximate surface area is 131 Å². The molecule has 1 aliphatic rings. The highest BCUT2D eigenvalue weighted by Crippen LogP contribution is 2.34. The Bertz CT molecular complexity index is 673. The Morgan fingerprint density at radius 1 is 1.29 bits per heavy atom. The topological polar surface area (TPSA) is 64.1 Å². The number of anilines is 1. The van der Waals surface area contributed by atoms with Gasteiger partial charge >= 0.3 is 0 Å². The first-order valence-electron chi connectivity index (χ1n) is 6.36. The van der Waals surface area contributed by atoms with E-state index in [1.54, 1.807) is 0 Å². The van der Waals surface area contributed by atoms with E-state index in [1.165, 1.54) is 6.07 Å². The van der Waals surface area contributed by atoms with Crippen molar-refractivity contribution in [3.05, 3.63) is 46.3 Å². The molecule has 1 aliphatic heterocycles. The molecule has 21 heavy (non-hydrogen) atoms.